The molecule has 4 nitrogen and oxygen atoms in total. The molecule has 1 fully saturated rings. The first-order chi connectivity index (χ1) is 8.83. The van der Waals surface area contributed by atoms with E-state index in [1.807, 2.05) is 18.5 Å². The molecule has 0 spiro atoms. The van der Waals surface area contributed by atoms with Crippen LogP contribution in [0, 0.1) is 0 Å². The first-order valence-electron chi connectivity index (χ1n) is 6.76. The van der Waals surface area contributed by atoms with Crippen LogP contribution < -0.4 is 5.73 Å². The summed E-state index contributed by atoms with van der Waals surface area (Å²) in [6, 6.07) is 5.95. The smallest absolute Gasteiger partial charge is 0.0958 e. The average Bonchev–Trinajstić information content (AvgIpc) is 2.99. The van der Waals surface area contributed by atoms with Crippen molar-refractivity contribution in [3.8, 4) is 0 Å². The molecular formula is C14H20N4. The molecule has 4 heteroatoms. The van der Waals surface area contributed by atoms with E-state index in [1.165, 1.54) is 44.4 Å². The van der Waals surface area contributed by atoms with Gasteiger partial charge in [-0.2, -0.15) is 0 Å². The largest absolute Gasteiger partial charge is 0.399 e. The van der Waals surface area contributed by atoms with Gasteiger partial charge in [0.2, 0.25) is 0 Å². The fourth-order valence-electron chi connectivity index (χ4n) is 2.73. The minimum Gasteiger partial charge on any atom is -0.399 e. The highest BCUT2D eigenvalue weighted by atomic mass is 15.1. The number of nitrogen functional groups attached to an aromatic ring is 1. The maximum absolute atomic E-state index is 5.76. The molecule has 2 heterocycles. The molecule has 0 aliphatic carbocycles. The molecule has 2 N–H and O–H groups in total. The summed E-state index contributed by atoms with van der Waals surface area (Å²) in [7, 11) is 0. The summed E-state index contributed by atoms with van der Waals surface area (Å²) in [6.07, 6.45) is 5.85. The zero-order valence-electron chi connectivity index (χ0n) is 10.7. The fraction of sp³-hybridized carbons (Fsp3) is 0.500. The summed E-state index contributed by atoms with van der Waals surface area (Å²) in [6.45, 7) is 4.80. The Balaban J connectivity index is 1.63. The molecule has 1 aliphatic heterocycles. The van der Waals surface area contributed by atoms with E-state index in [2.05, 4.69) is 20.5 Å². The topological polar surface area (TPSA) is 47.1 Å². The van der Waals surface area contributed by atoms with E-state index < -0.39 is 0 Å². The van der Waals surface area contributed by atoms with Gasteiger partial charge in [0.05, 0.1) is 17.4 Å². The molecule has 0 saturated carbocycles. The molecule has 0 unspecified atom stereocenters. The molecule has 0 bridgehead atoms. The van der Waals surface area contributed by atoms with E-state index in [1.54, 1.807) is 0 Å². The second-order valence-electron chi connectivity index (χ2n) is 5.09. The number of fused-ring (bicyclic) bond motifs is 1. The number of aryl methyl sites for hydroxylation is 1. The number of benzene rings is 1. The number of anilines is 1. The fourth-order valence-corrected chi connectivity index (χ4v) is 2.73. The Bertz CT molecular complexity index is 526. The molecule has 96 valence electrons. The van der Waals surface area contributed by atoms with Crippen molar-refractivity contribution in [1.29, 1.82) is 0 Å². The van der Waals surface area contributed by atoms with Gasteiger partial charge in [0.1, 0.15) is 0 Å². The predicted octanol–water partition coefficient (Wildman–Crippen LogP) is 2.10. The zero-order chi connectivity index (χ0) is 12.4. The second-order valence-corrected chi connectivity index (χ2v) is 5.09. The van der Waals surface area contributed by atoms with Gasteiger partial charge in [-0.1, -0.05) is 0 Å². The normalized spacial score (nSPS) is 16.7. The number of hydrogen-bond acceptors (Lipinski definition) is 3. The Kier molecular flexibility index (Phi) is 3.19. The van der Waals surface area contributed by atoms with Gasteiger partial charge in [0, 0.05) is 12.2 Å². The second kappa shape index (κ2) is 4.98. The minimum atomic E-state index is 0.782. The van der Waals surface area contributed by atoms with Crippen molar-refractivity contribution in [2.45, 2.75) is 25.8 Å². The van der Waals surface area contributed by atoms with Gasteiger partial charge in [-0.3, -0.25) is 0 Å². The number of hydrogen-bond donors (Lipinski definition) is 1. The summed E-state index contributed by atoms with van der Waals surface area (Å²) in [5, 5.41) is 0. The molecule has 3 rings (SSSR count). The van der Waals surface area contributed by atoms with Crippen LogP contribution in [0.2, 0.25) is 0 Å². The van der Waals surface area contributed by atoms with Crippen molar-refractivity contribution in [2.24, 2.45) is 0 Å². The van der Waals surface area contributed by atoms with Crippen molar-refractivity contribution >= 4 is 16.7 Å². The first-order valence-corrected chi connectivity index (χ1v) is 6.76. The highest BCUT2D eigenvalue weighted by Gasteiger charge is 2.10. The molecule has 0 atom stereocenters. The summed E-state index contributed by atoms with van der Waals surface area (Å²) < 4.78 is 2.23. The number of nitrogens with zero attached hydrogens (tertiary/aromatic N) is 3. The maximum Gasteiger partial charge on any atom is 0.0958 e. The van der Waals surface area contributed by atoms with E-state index in [0.717, 1.165) is 17.7 Å². The van der Waals surface area contributed by atoms with Crippen LogP contribution in [-0.2, 0) is 6.54 Å². The van der Waals surface area contributed by atoms with Gasteiger partial charge in [-0.15, -0.1) is 0 Å². The molecular weight excluding hydrogens is 224 g/mol. The van der Waals surface area contributed by atoms with E-state index >= 15 is 0 Å². The molecule has 0 amide bonds. The van der Waals surface area contributed by atoms with Crippen LogP contribution in [0.5, 0.6) is 0 Å². The van der Waals surface area contributed by atoms with E-state index in [9.17, 15) is 0 Å². The third-order valence-corrected chi connectivity index (χ3v) is 3.72. The van der Waals surface area contributed by atoms with E-state index in [0.29, 0.717) is 0 Å². The summed E-state index contributed by atoms with van der Waals surface area (Å²) in [5.41, 5.74) is 8.72. The number of likely N-dealkylation sites (tertiary alicyclic amines) is 1. The average molecular weight is 244 g/mol. The maximum atomic E-state index is 5.76. The third kappa shape index (κ3) is 2.34. The van der Waals surface area contributed by atoms with E-state index in [-0.39, 0.29) is 0 Å². The quantitative estimate of drug-likeness (QED) is 0.838. The zero-order valence-corrected chi connectivity index (χ0v) is 10.7. The van der Waals surface area contributed by atoms with Crippen molar-refractivity contribution < 1.29 is 0 Å². The van der Waals surface area contributed by atoms with Crippen LogP contribution in [0.25, 0.3) is 11.0 Å². The van der Waals surface area contributed by atoms with Crippen LogP contribution in [0.3, 0.4) is 0 Å². The standard InChI is InChI=1S/C14H20N4/c15-12-4-5-14-13(10-12)16-11-18(14)9-3-8-17-6-1-2-7-17/h4-5,10-11H,1-3,6-9,15H2. The molecule has 1 aromatic heterocycles. The number of nitrogens with two attached hydrogens (primary N) is 1. The van der Waals surface area contributed by atoms with Crippen molar-refractivity contribution in [3.05, 3.63) is 24.5 Å². The lowest BCUT2D eigenvalue weighted by atomic mass is 10.3. The molecule has 0 radical (unpaired) electrons. The molecule has 1 aliphatic rings. The Labute approximate surface area is 107 Å². The Morgan fingerprint density at radius 3 is 2.83 bits per heavy atom. The summed E-state index contributed by atoms with van der Waals surface area (Å²) >= 11 is 0. The molecule has 1 saturated heterocycles. The van der Waals surface area contributed by atoms with Crippen LogP contribution in [0.1, 0.15) is 19.3 Å². The predicted molar refractivity (Wildman–Crippen MR) is 74.4 cm³/mol. The highest BCUT2D eigenvalue weighted by molar-refractivity contribution is 5.78. The number of rotatable bonds is 4. The van der Waals surface area contributed by atoms with Gasteiger partial charge in [-0.05, 0) is 57.1 Å². The van der Waals surface area contributed by atoms with Gasteiger partial charge >= 0.3 is 0 Å². The number of aromatic nitrogens is 2. The van der Waals surface area contributed by atoms with Crippen molar-refractivity contribution in [2.75, 3.05) is 25.4 Å². The van der Waals surface area contributed by atoms with Crippen molar-refractivity contribution in [1.82, 2.24) is 14.5 Å². The van der Waals surface area contributed by atoms with Crippen LogP contribution in [0.15, 0.2) is 24.5 Å². The Morgan fingerprint density at radius 1 is 1.17 bits per heavy atom. The SMILES string of the molecule is Nc1ccc2c(c1)ncn2CCCN1CCCC1. The summed E-state index contributed by atoms with van der Waals surface area (Å²) in [5.74, 6) is 0. The lowest BCUT2D eigenvalue weighted by molar-refractivity contribution is 0.326. The Hall–Kier alpha value is -1.55. The lowest BCUT2D eigenvalue weighted by Crippen LogP contribution is -2.21. The van der Waals surface area contributed by atoms with Crippen molar-refractivity contribution in [3.63, 3.8) is 0 Å². The lowest BCUT2D eigenvalue weighted by Gasteiger charge is -2.14. The molecule has 2 aromatic rings. The first kappa shape index (κ1) is 11.5. The third-order valence-electron chi connectivity index (χ3n) is 3.72. The Morgan fingerprint density at radius 2 is 2.00 bits per heavy atom. The van der Waals surface area contributed by atoms with E-state index in [4.69, 9.17) is 5.73 Å². The monoisotopic (exact) mass is 244 g/mol. The van der Waals surface area contributed by atoms with Gasteiger partial charge in [-0.25, -0.2) is 4.98 Å². The van der Waals surface area contributed by atoms with Gasteiger partial charge in [0.25, 0.3) is 0 Å². The van der Waals surface area contributed by atoms with Crippen LogP contribution >= 0.6 is 0 Å². The molecule has 1 aromatic carbocycles. The highest BCUT2D eigenvalue weighted by Crippen LogP contribution is 2.16. The van der Waals surface area contributed by atoms with Crippen LogP contribution in [0.4, 0.5) is 5.69 Å². The minimum absolute atomic E-state index is 0.782. The number of imidazole rings is 1. The molecule has 18 heavy (non-hydrogen) atoms. The van der Waals surface area contributed by atoms with Gasteiger partial charge < -0.3 is 15.2 Å². The summed E-state index contributed by atoms with van der Waals surface area (Å²) in [4.78, 5) is 6.95. The van der Waals surface area contributed by atoms with Crippen LogP contribution in [-0.4, -0.2) is 34.1 Å². The van der Waals surface area contributed by atoms with Gasteiger partial charge in [0.15, 0.2) is 0 Å².